The van der Waals surface area contributed by atoms with E-state index >= 15 is 0 Å². The minimum atomic E-state index is -0.0641. The Labute approximate surface area is 145 Å². The summed E-state index contributed by atoms with van der Waals surface area (Å²) in [6.07, 6.45) is 3.27. The molecule has 2 heterocycles. The van der Waals surface area contributed by atoms with Gasteiger partial charge in [0.05, 0.1) is 11.3 Å². The summed E-state index contributed by atoms with van der Waals surface area (Å²) < 4.78 is 0. The molecule has 0 aliphatic heterocycles. The van der Waals surface area contributed by atoms with E-state index in [2.05, 4.69) is 23.8 Å². The van der Waals surface area contributed by atoms with Crippen molar-refractivity contribution in [1.82, 2.24) is 9.97 Å². The predicted molar refractivity (Wildman–Crippen MR) is 98.3 cm³/mol. The molecule has 1 amide bonds. The third-order valence-corrected chi connectivity index (χ3v) is 4.36. The summed E-state index contributed by atoms with van der Waals surface area (Å²) >= 11 is 1.49. The number of anilines is 1. The lowest BCUT2D eigenvalue weighted by Crippen LogP contribution is -2.34. The van der Waals surface area contributed by atoms with Crippen LogP contribution in [0, 0.1) is 5.92 Å². The van der Waals surface area contributed by atoms with Crippen LogP contribution in [0.3, 0.4) is 0 Å². The van der Waals surface area contributed by atoms with Crippen molar-refractivity contribution in [3.05, 3.63) is 65.8 Å². The zero-order chi connectivity index (χ0) is 16.9. The van der Waals surface area contributed by atoms with E-state index in [1.165, 1.54) is 11.3 Å². The molecule has 0 saturated heterocycles. The van der Waals surface area contributed by atoms with Crippen LogP contribution >= 0.6 is 11.3 Å². The van der Waals surface area contributed by atoms with Gasteiger partial charge in [0, 0.05) is 29.9 Å². The van der Waals surface area contributed by atoms with Gasteiger partial charge in [-0.2, -0.15) is 0 Å². The van der Waals surface area contributed by atoms with E-state index in [-0.39, 0.29) is 5.91 Å². The highest BCUT2D eigenvalue weighted by Crippen LogP contribution is 2.28. The number of nitrogens with zero attached hydrogens (tertiary/aromatic N) is 3. The van der Waals surface area contributed by atoms with E-state index < -0.39 is 0 Å². The number of carbonyl (C=O) groups excluding carboxylic acids is 1. The normalized spacial score (nSPS) is 10.8. The molecule has 0 unspecified atom stereocenters. The number of benzene rings is 1. The van der Waals surface area contributed by atoms with Gasteiger partial charge in [-0.1, -0.05) is 44.2 Å². The number of hydrogen-bond acceptors (Lipinski definition) is 4. The van der Waals surface area contributed by atoms with Crippen LogP contribution < -0.4 is 4.90 Å². The van der Waals surface area contributed by atoms with Crippen molar-refractivity contribution in [1.29, 1.82) is 0 Å². The number of rotatable bonds is 5. The van der Waals surface area contributed by atoms with Gasteiger partial charge in [-0.25, -0.2) is 4.98 Å². The van der Waals surface area contributed by atoms with Gasteiger partial charge in [0.1, 0.15) is 0 Å². The molecule has 3 rings (SSSR count). The first-order valence-corrected chi connectivity index (χ1v) is 8.76. The van der Waals surface area contributed by atoms with Gasteiger partial charge in [0.25, 0.3) is 5.91 Å². The van der Waals surface area contributed by atoms with Crippen molar-refractivity contribution in [3.8, 4) is 11.3 Å². The van der Waals surface area contributed by atoms with Gasteiger partial charge >= 0.3 is 0 Å². The Morgan fingerprint density at radius 1 is 1.17 bits per heavy atom. The maximum atomic E-state index is 12.9. The molecule has 0 radical (unpaired) electrons. The van der Waals surface area contributed by atoms with Crippen molar-refractivity contribution in [2.45, 2.75) is 13.8 Å². The van der Waals surface area contributed by atoms with E-state index in [9.17, 15) is 4.79 Å². The summed E-state index contributed by atoms with van der Waals surface area (Å²) in [6.45, 7) is 4.81. The van der Waals surface area contributed by atoms with Gasteiger partial charge in [0.15, 0.2) is 5.13 Å². The van der Waals surface area contributed by atoms with Crippen LogP contribution in [0.15, 0.2) is 60.2 Å². The second-order valence-corrected chi connectivity index (χ2v) is 6.77. The number of hydrogen-bond donors (Lipinski definition) is 0. The quantitative estimate of drug-likeness (QED) is 0.688. The van der Waals surface area contributed by atoms with Crippen LogP contribution in [0.2, 0.25) is 0 Å². The zero-order valence-electron chi connectivity index (χ0n) is 13.7. The SMILES string of the molecule is CC(C)CN(C(=O)c1cccnc1)c1nc(-c2ccccc2)cs1. The molecule has 0 atom stereocenters. The molecule has 1 aromatic carbocycles. The highest BCUT2D eigenvalue weighted by Gasteiger charge is 2.22. The third-order valence-electron chi connectivity index (χ3n) is 3.49. The molecule has 0 saturated carbocycles. The number of amides is 1. The Bertz CT molecular complexity index is 800. The zero-order valence-corrected chi connectivity index (χ0v) is 14.5. The first-order valence-electron chi connectivity index (χ1n) is 7.88. The summed E-state index contributed by atoms with van der Waals surface area (Å²) in [5, 5.41) is 2.71. The standard InChI is InChI=1S/C19H19N3OS/c1-14(2)12-22(18(23)16-9-6-10-20-11-16)19-21-17(13-24-19)15-7-4-3-5-8-15/h3-11,13-14H,12H2,1-2H3. The maximum Gasteiger partial charge on any atom is 0.261 e. The fourth-order valence-corrected chi connectivity index (χ4v) is 3.23. The summed E-state index contributed by atoms with van der Waals surface area (Å²) in [5.74, 6) is 0.278. The molecule has 3 aromatic rings. The largest absolute Gasteiger partial charge is 0.284 e. The molecule has 0 bridgehead atoms. The molecule has 0 aliphatic carbocycles. The summed E-state index contributed by atoms with van der Waals surface area (Å²) in [7, 11) is 0. The summed E-state index contributed by atoms with van der Waals surface area (Å²) in [5.41, 5.74) is 2.52. The first-order chi connectivity index (χ1) is 11.6. The lowest BCUT2D eigenvalue weighted by molar-refractivity contribution is 0.0983. The number of thiazole rings is 1. The molecular weight excluding hydrogens is 318 g/mol. The molecule has 24 heavy (non-hydrogen) atoms. The molecular formula is C19H19N3OS. The van der Waals surface area contributed by atoms with Crippen molar-refractivity contribution in [2.24, 2.45) is 5.92 Å². The molecule has 0 N–H and O–H groups in total. The van der Waals surface area contributed by atoms with Crippen LogP contribution in [0.25, 0.3) is 11.3 Å². The fraction of sp³-hybridized carbons (Fsp3) is 0.211. The van der Waals surface area contributed by atoms with Gasteiger partial charge in [-0.15, -0.1) is 11.3 Å². The predicted octanol–water partition coefficient (Wildman–Crippen LogP) is 4.51. The van der Waals surface area contributed by atoms with Crippen molar-refractivity contribution in [3.63, 3.8) is 0 Å². The summed E-state index contributed by atoms with van der Waals surface area (Å²) in [4.78, 5) is 23.4. The van der Waals surface area contributed by atoms with Crippen LogP contribution in [-0.2, 0) is 0 Å². The Balaban J connectivity index is 1.92. The van der Waals surface area contributed by atoms with E-state index in [4.69, 9.17) is 0 Å². The van der Waals surface area contributed by atoms with Crippen molar-refractivity contribution < 1.29 is 4.79 Å². The van der Waals surface area contributed by atoms with Crippen molar-refractivity contribution in [2.75, 3.05) is 11.4 Å². The Hall–Kier alpha value is -2.53. The third kappa shape index (κ3) is 3.68. The second-order valence-electron chi connectivity index (χ2n) is 5.93. The molecule has 2 aromatic heterocycles. The van der Waals surface area contributed by atoms with E-state index in [0.29, 0.717) is 18.0 Å². The Kier molecular flexibility index (Phi) is 5.01. The minimum absolute atomic E-state index is 0.0641. The average Bonchev–Trinajstić information content (AvgIpc) is 3.10. The van der Waals surface area contributed by atoms with Crippen LogP contribution in [0.5, 0.6) is 0 Å². The highest BCUT2D eigenvalue weighted by atomic mass is 32.1. The second kappa shape index (κ2) is 7.36. The lowest BCUT2D eigenvalue weighted by Gasteiger charge is -2.21. The van der Waals surface area contributed by atoms with Crippen molar-refractivity contribution >= 4 is 22.4 Å². The van der Waals surface area contributed by atoms with Crippen LogP contribution in [0.4, 0.5) is 5.13 Å². The maximum absolute atomic E-state index is 12.9. The van der Waals surface area contributed by atoms with E-state index in [1.807, 2.05) is 35.7 Å². The Morgan fingerprint density at radius 3 is 2.62 bits per heavy atom. The molecule has 5 heteroatoms. The van der Waals surface area contributed by atoms with Crippen LogP contribution in [-0.4, -0.2) is 22.4 Å². The molecule has 4 nitrogen and oxygen atoms in total. The van der Waals surface area contributed by atoms with Gasteiger partial charge in [0.2, 0.25) is 0 Å². The number of carbonyl (C=O) groups is 1. The van der Waals surface area contributed by atoms with E-state index in [1.54, 1.807) is 29.4 Å². The topological polar surface area (TPSA) is 46.1 Å². The van der Waals surface area contributed by atoms with Crippen LogP contribution in [0.1, 0.15) is 24.2 Å². The average molecular weight is 337 g/mol. The molecule has 0 fully saturated rings. The highest BCUT2D eigenvalue weighted by molar-refractivity contribution is 7.14. The smallest absolute Gasteiger partial charge is 0.261 e. The lowest BCUT2D eigenvalue weighted by atomic mass is 10.2. The Morgan fingerprint density at radius 2 is 1.96 bits per heavy atom. The van der Waals surface area contributed by atoms with Gasteiger partial charge in [-0.05, 0) is 18.1 Å². The molecule has 0 aliphatic rings. The van der Waals surface area contributed by atoms with Gasteiger partial charge in [-0.3, -0.25) is 14.7 Å². The van der Waals surface area contributed by atoms with E-state index in [0.717, 1.165) is 16.4 Å². The number of aromatic nitrogens is 2. The number of pyridine rings is 1. The fourth-order valence-electron chi connectivity index (χ4n) is 2.39. The molecule has 122 valence electrons. The van der Waals surface area contributed by atoms with Gasteiger partial charge < -0.3 is 0 Å². The minimum Gasteiger partial charge on any atom is -0.284 e. The molecule has 0 spiro atoms. The monoisotopic (exact) mass is 337 g/mol. The summed E-state index contributed by atoms with van der Waals surface area (Å²) in [6, 6.07) is 13.6. The first kappa shape index (κ1) is 16.3.